The number of fused-ring (bicyclic) bond motifs is 1. The maximum Gasteiger partial charge on any atom is 0.261 e. The topological polar surface area (TPSA) is 76.5 Å². The van der Waals surface area contributed by atoms with E-state index in [1.54, 1.807) is 12.1 Å². The molecule has 2 heterocycles. The van der Waals surface area contributed by atoms with E-state index in [-0.39, 0.29) is 24.0 Å². The molecule has 0 aliphatic carbocycles. The van der Waals surface area contributed by atoms with Crippen molar-refractivity contribution in [1.29, 1.82) is 0 Å². The predicted octanol–water partition coefficient (Wildman–Crippen LogP) is 1.26. The molecule has 1 N–H and O–H groups in total. The highest BCUT2D eigenvalue weighted by atomic mass is 16.5. The van der Waals surface area contributed by atoms with Gasteiger partial charge >= 0.3 is 0 Å². The molecule has 146 valence electrons. The fourth-order valence-corrected chi connectivity index (χ4v) is 3.39. The van der Waals surface area contributed by atoms with Crippen molar-refractivity contribution in [2.24, 2.45) is 5.92 Å². The van der Waals surface area contributed by atoms with Crippen LogP contribution in [-0.2, 0) is 16.1 Å². The van der Waals surface area contributed by atoms with Crippen LogP contribution in [0.15, 0.2) is 35.4 Å². The molecule has 1 aliphatic heterocycles. The molecule has 1 amide bonds. The summed E-state index contributed by atoms with van der Waals surface area (Å²) in [7, 11) is 0. The third kappa shape index (κ3) is 5.37. The molecule has 1 aromatic heterocycles. The Kier molecular flexibility index (Phi) is 6.58. The lowest BCUT2D eigenvalue weighted by molar-refractivity contribution is -0.122. The molecule has 1 unspecified atom stereocenters. The first-order chi connectivity index (χ1) is 13.0. The number of ether oxygens (including phenoxy) is 1. The molecular formula is C20H28N4O3. The van der Waals surface area contributed by atoms with Crippen LogP contribution in [0.4, 0.5) is 0 Å². The highest BCUT2D eigenvalue weighted by Crippen LogP contribution is 2.08. The van der Waals surface area contributed by atoms with Crippen molar-refractivity contribution in [2.75, 3.05) is 32.8 Å². The highest BCUT2D eigenvalue weighted by Gasteiger charge is 2.21. The van der Waals surface area contributed by atoms with E-state index >= 15 is 0 Å². The van der Waals surface area contributed by atoms with Gasteiger partial charge in [0.25, 0.3) is 5.56 Å². The number of carbonyl (C=O) groups excluding carboxylic acids is 1. The van der Waals surface area contributed by atoms with E-state index in [2.05, 4.69) is 29.0 Å². The van der Waals surface area contributed by atoms with Crippen LogP contribution in [-0.4, -0.2) is 59.2 Å². The first-order valence-corrected chi connectivity index (χ1v) is 9.58. The van der Waals surface area contributed by atoms with Crippen LogP contribution in [0.2, 0.25) is 0 Å². The standard InChI is InChI=1S/C20H28N4O3/c1-15(2)12-23-9-10-27-16(13-23)11-21-19(25)7-8-24-14-22-18-6-4-3-5-17(18)20(24)26/h3-6,14-16H,7-13H2,1-2H3,(H,21,25). The molecule has 0 spiro atoms. The Morgan fingerprint density at radius 1 is 1.37 bits per heavy atom. The SMILES string of the molecule is CC(C)CN1CCOC(CNC(=O)CCn2cnc3ccccc3c2=O)C1. The van der Waals surface area contributed by atoms with Gasteiger partial charge in [0.05, 0.1) is 29.9 Å². The van der Waals surface area contributed by atoms with Gasteiger partial charge in [0.2, 0.25) is 5.91 Å². The normalized spacial score (nSPS) is 18.1. The molecule has 0 saturated carbocycles. The Hall–Kier alpha value is -2.25. The minimum absolute atomic E-state index is 0.0199. The molecule has 3 rings (SSSR count). The van der Waals surface area contributed by atoms with E-state index in [9.17, 15) is 9.59 Å². The van der Waals surface area contributed by atoms with Gasteiger partial charge in [-0.25, -0.2) is 4.98 Å². The van der Waals surface area contributed by atoms with Crippen molar-refractivity contribution < 1.29 is 9.53 Å². The van der Waals surface area contributed by atoms with Crippen LogP contribution >= 0.6 is 0 Å². The average Bonchev–Trinajstić information content (AvgIpc) is 2.66. The fourth-order valence-electron chi connectivity index (χ4n) is 3.39. The molecule has 1 atom stereocenters. The molecule has 1 saturated heterocycles. The molecule has 2 aromatic rings. The fraction of sp³-hybridized carbons (Fsp3) is 0.550. The number of aryl methyl sites for hydroxylation is 1. The summed E-state index contributed by atoms with van der Waals surface area (Å²) in [6.45, 7) is 8.75. The minimum atomic E-state index is -0.117. The van der Waals surface area contributed by atoms with E-state index in [1.807, 2.05) is 12.1 Å². The maximum absolute atomic E-state index is 12.4. The second-order valence-electron chi connectivity index (χ2n) is 7.46. The van der Waals surface area contributed by atoms with E-state index in [4.69, 9.17) is 4.74 Å². The summed E-state index contributed by atoms with van der Waals surface area (Å²) in [6, 6.07) is 7.22. The van der Waals surface area contributed by atoms with E-state index in [0.717, 1.165) is 19.6 Å². The van der Waals surface area contributed by atoms with E-state index in [1.165, 1.54) is 10.9 Å². The lowest BCUT2D eigenvalue weighted by atomic mass is 10.2. The molecule has 27 heavy (non-hydrogen) atoms. The van der Waals surface area contributed by atoms with Crippen molar-refractivity contribution in [2.45, 2.75) is 32.9 Å². The van der Waals surface area contributed by atoms with E-state index < -0.39 is 0 Å². The number of nitrogens with one attached hydrogen (secondary N) is 1. The summed E-state index contributed by atoms with van der Waals surface area (Å²) < 4.78 is 7.24. The smallest absolute Gasteiger partial charge is 0.261 e. The first kappa shape index (κ1) is 19.5. The van der Waals surface area contributed by atoms with Gasteiger partial charge in [0.15, 0.2) is 0 Å². The van der Waals surface area contributed by atoms with Gasteiger partial charge in [-0.2, -0.15) is 0 Å². The number of hydrogen-bond acceptors (Lipinski definition) is 5. The van der Waals surface area contributed by atoms with Crippen LogP contribution in [0, 0.1) is 5.92 Å². The number of amides is 1. The lowest BCUT2D eigenvalue weighted by Gasteiger charge is -2.33. The third-order valence-corrected chi connectivity index (χ3v) is 4.68. The van der Waals surface area contributed by atoms with E-state index in [0.29, 0.717) is 36.5 Å². The summed E-state index contributed by atoms with van der Waals surface area (Å²) in [5.74, 6) is 0.534. The summed E-state index contributed by atoms with van der Waals surface area (Å²) in [6.07, 6.45) is 1.76. The number of morpholine rings is 1. The Morgan fingerprint density at radius 3 is 3.00 bits per heavy atom. The van der Waals surface area contributed by atoms with Crippen LogP contribution in [0.25, 0.3) is 10.9 Å². The number of aromatic nitrogens is 2. The van der Waals surface area contributed by atoms with Crippen LogP contribution in [0.5, 0.6) is 0 Å². The van der Waals surface area contributed by atoms with Gasteiger partial charge in [-0.3, -0.25) is 19.1 Å². The zero-order valence-electron chi connectivity index (χ0n) is 16.1. The number of benzene rings is 1. The molecule has 1 fully saturated rings. The van der Waals surface area contributed by atoms with Crippen LogP contribution < -0.4 is 10.9 Å². The molecule has 0 bridgehead atoms. The number of carbonyl (C=O) groups is 1. The van der Waals surface area contributed by atoms with Gasteiger partial charge in [0, 0.05) is 39.1 Å². The number of rotatable bonds is 7. The van der Waals surface area contributed by atoms with Gasteiger partial charge in [-0.15, -0.1) is 0 Å². The van der Waals surface area contributed by atoms with Crippen molar-refractivity contribution in [1.82, 2.24) is 19.8 Å². The monoisotopic (exact) mass is 372 g/mol. The Bertz CT molecular complexity index is 833. The zero-order chi connectivity index (χ0) is 19.2. The molecule has 1 aromatic carbocycles. The number of hydrogen-bond donors (Lipinski definition) is 1. The summed E-state index contributed by atoms with van der Waals surface area (Å²) in [4.78, 5) is 31.3. The molecular weight excluding hydrogens is 344 g/mol. The Labute approximate surface area is 159 Å². The number of para-hydroxylation sites is 1. The first-order valence-electron chi connectivity index (χ1n) is 9.58. The molecule has 7 nitrogen and oxygen atoms in total. The van der Waals surface area contributed by atoms with Gasteiger partial charge in [0.1, 0.15) is 0 Å². The Balaban J connectivity index is 1.47. The quantitative estimate of drug-likeness (QED) is 0.792. The van der Waals surface area contributed by atoms with Gasteiger partial charge in [-0.1, -0.05) is 26.0 Å². The molecule has 7 heteroatoms. The van der Waals surface area contributed by atoms with Crippen molar-refractivity contribution >= 4 is 16.8 Å². The molecule has 1 aliphatic rings. The summed E-state index contributed by atoms with van der Waals surface area (Å²) in [5.41, 5.74) is 0.553. The second-order valence-corrected chi connectivity index (χ2v) is 7.46. The highest BCUT2D eigenvalue weighted by molar-refractivity contribution is 5.77. The Morgan fingerprint density at radius 2 is 2.19 bits per heavy atom. The predicted molar refractivity (Wildman–Crippen MR) is 105 cm³/mol. The maximum atomic E-state index is 12.4. The average molecular weight is 372 g/mol. The van der Waals surface area contributed by atoms with Gasteiger partial charge in [-0.05, 0) is 18.1 Å². The van der Waals surface area contributed by atoms with Crippen LogP contribution in [0.3, 0.4) is 0 Å². The largest absolute Gasteiger partial charge is 0.374 e. The minimum Gasteiger partial charge on any atom is -0.374 e. The lowest BCUT2D eigenvalue weighted by Crippen LogP contribution is -2.48. The van der Waals surface area contributed by atoms with Crippen molar-refractivity contribution in [3.63, 3.8) is 0 Å². The summed E-state index contributed by atoms with van der Waals surface area (Å²) >= 11 is 0. The van der Waals surface area contributed by atoms with Crippen molar-refractivity contribution in [3.8, 4) is 0 Å². The van der Waals surface area contributed by atoms with Crippen molar-refractivity contribution in [3.05, 3.63) is 40.9 Å². The number of nitrogens with zero attached hydrogens (tertiary/aromatic N) is 3. The second kappa shape index (κ2) is 9.10. The third-order valence-electron chi connectivity index (χ3n) is 4.68. The zero-order valence-corrected chi connectivity index (χ0v) is 16.1. The van der Waals surface area contributed by atoms with Gasteiger partial charge < -0.3 is 10.1 Å². The molecule has 0 radical (unpaired) electrons. The summed E-state index contributed by atoms with van der Waals surface area (Å²) in [5, 5.41) is 3.50. The van der Waals surface area contributed by atoms with Crippen LogP contribution in [0.1, 0.15) is 20.3 Å².